The van der Waals surface area contributed by atoms with Crippen molar-refractivity contribution in [2.75, 3.05) is 13.6 Å². The number of sulfonamides is 1. The van der Waals surface area contributed by atoms with E-state index in [1.165, 1.54) is 23.5 Å². The normalized spacial score (nSPS) is 13.8. The first-order valence-corrected chi connectivity index (χ1v) is 8.80. The first-order valence-electron chi connectivity index (χ1n) is 5.81. The van der Waals surface area contributed by atoms with E-state index < -0.39 is 10.0 Å². The maximum Gasteiger partial charge on any atom is 0.245 e. The number of hydrogen-bond acceptors (Lipinski definition) is 2. The molecule has 108 valence electrons. The lowest BCUT2D eigenvalue weighted by molar-refractivity contribution is 0.393. The molecule has 0 saturated heterocycles. The van der Waals surface area contributed by atoms with Crippen molar-refractivity contribution >= 4 is 49.2 Å². The first kappa shape index (κ1) is 17.2. The predicted octanol–water partition coefficient (Wildman–Crippen LogP) is 4.42. The monoisotopic (exact) mass is 387 g/mol. The smallest absolute Gasteiger partial charge is 0.207 e. The Morgan fingerprint density at radius 2 is 1.79 bits per heavy atom. The Labute approximate surface area is 133 Å². The van der Waals surface area contributed by atoms with Crippen molar-refractivity contribution in [1.82, 2.24) is 4.31 Å². The molecule has 19 heavy (non-hydrogen) atoms. The van der Waals surface area contributed by atoms with Gasteiger partial charge in [-0.25, -0.2) is 12.7 Å². The molecule has 1 aromatic carbocycles. The van der Waals surface area contributed by atoms with Crippen molar-refractivity contribution < 1.29 is 8.42 Å². The number of hydrogen-bond donors (Lipinski definition) is 0. The molecule has 7 heteroatoms. The molecule has 0 N–H and O–H groups in total. The summed E-state index contributed by atoms with van der Waals surface area (Å²) in [6.45, 7) is 4.45. The Bertz CT molecular complexity index is 540. The van der Waals surface area contributed by atoms with Crippen molar-refractivity contribution in [2.24, 2.45) is 5.92 Å². The highest BCUT2D eigenvalue weighted by molar-refractivity contribution is 9.10. The van der Waals surface area contributed by atoms with E-state index in [-0.39, 0.29) is 20.9 Å². The largest absolute Gasteiger partial charge is 0.245 e. The molecule has 0 aliphatic carbocycles. The minimum Gasteiger partial charge on any atom is -0.207 e. The molecule has 0 heterocycles. The molecule has 0 radical (unpaired) electrons. The zero-order valence-electron chi connectivity index (χ0n) is 11.0. The average molecular weight is 389 g/mol. The first-order chi connectivity index (χ1) is 8.70. The van der Waals surface area contributed by atoms with Crippen molar-refractivity contribution in [2.45, 2.75) is 25.2 Å². The molecule has 0 aliphatic rings. The molecule has 0 saturated carbocycles. The maximum absolute atomic E-state index is 12.5. The zero-order chi connectivity index (χ0) is 14.8. The van der Waals surface area contributed by atoms with E-state index >= 15 is 0 Å². The van der Waals surface area contributed by atoms with Gasteiger partial charge in [-0.1, -0.05) is 59.4 Å². The second-order valence-electron chi connectivity index (χ2n) is 4.50. The standard InChI is InChI=1S/C12H16BrCl2NO2S/c1-4-8(2)7-16(3)19(17,18)12-10(14)5-9(13)6-11(12)15/h5-6,8H,4,7H2,1-3H3. The van der Waals surface area contributed by atoms with Crippen LogP contribution in [-0.4, -0.2) is 26.3 Å². The molecule has 0 bridgehead atoms. The number of benzene rings is 1. The third-order valence-corrected chi connectivity index (χ3v) is 6.10. The Balaban J connectivity index is 3.21. The van der Waals surface area contributed by atoms with Crippen molar-refractivity contribution in [3.05, 3.63) is 26.7 Å². The van der Waals surface area contributed by atoms with Crippen molar-refractivity contribution in [3.63, 3.8) is 0 Å². The van der Waals surface area contributed by atoms with Gasteiger partial charge in [-0.3, -0.25) is 0 Å². The quantitative estimate of drug-likeness (QED) is 0.748. The van der Waals surface area contributed by atoms with Crippen LogP contribution in [0.3, 0.4) is 0 Å². The van der Waals surface area contributed by atoms with Gasteiger partial charge in [0.05, 0.1) is 10.0 Å². The number of halogens is 3. The summed E-state index contributed by atoms with van der Waals surface area (Å²) in [5, 5.41) is 0.241. The van der Waals surface area contributed by atoms with Gasteiger partial charge in [-0.05, 0) is 18.1 Å². The summed E-state index contributed by atoms with van der Waals surface area (Å²) in [6.07, 6.45) is 0.904. The summed E-state index contributed by atoms with van der Waals surface area (Å²) >= 11 is 15.3. The van der Waals surface area contributed by atoms with Crippen LogP contribution < -0.4 is 0 Å². The van der Waals surface area contributed by atoms with Gasteiger partial charge in [0.1, 0.15) is 4.90 Å². The van der Waals surface area contributed by atoms with Gasteiger partial charge in [0.25, 0.3) is 0 Å². The van der Waals surface area contributed by atoms with Crippen LogP contribution in [0.25, 0.3) is 0 Å². The maximum atomic E-state index is 12.5. The van der Waals surface area contributed by atoms with E-state index in [9.17, 15) is 8.42 Å². The van der Waals surface area contributed by atoms with Gasteiger partial charge in [-0.2, -0.15) is 0 Å². The Morgan fingerprint density at radius 3 is 2.21 bits per heavy atom. The Kier molecular flexibility index (Phi) is 6.14. The third-order valence-electron chi connectivity index (χ3n) is 2.90. The molecular weight excluding hydrogens is 373 g/mol. The molecule has 1 rings (SSSR count). The average Bonchev–Trinajstić information content (AvgIpc) is 2.26. The number of rotatable bonds is 5. The van der Waals surface area contributed by atoms with E-state index in [1.54, 1.807) is 0 Å². The molecule has 1 atom stereocenters. The highest BCUT2D eigenvalue weighted by atomic mass is 79.9. The molecule has 0 fully saturated rings. The van der Waals surface area contributed by atoms with Crippen LogP contribution in [0.5, 0.6) is 0 Å². The van der Waals surface area contributed by atoms with Crippen LogP contribution >= 0.6 is 39.1 Å². The molecule has 0 amide bonds. The zero-order valence-corrected chi connectivity index (χ0v) is 14.9. The van der Waals surface area contributed by atoms with E-state index in [2.05, 4.69) is 15.9 Å². The van der Waals surface area contributed by atoms with Gasteiger partial charge in [0.15, 0.2) is 0 Å². The summed E-state index contributed by atoms with van der Waals surface area (Å²) in [7, 11) is -2.14. The minimum absolute atomic E-state index is 0.0372. The molecule has 1 aromatic rings. The lowest BCUT2D eigenvalue weighted by atomic mass is 10.1. The van der Waals surface area contributed by atoms with E-state index in [1.807, 2.05) is 13.8 Å². The minimum atomic E-state index is -3.67. The number of nitrogens with zero attached hydrogens (tertiary/aromatic N) is 1. The Hall–Kier alpha value is 0.190. The topological polar surface area (TPSA) is 37.4 Å². The SMILES string of the molecule is CCC(C)CN(C)S(=O)(=O)c1c(Cl)cc(Br)cc1Cl. The highest BCUT2D eigenvalue weighted by Gasteiger charge is 2.27. The van der Waals surface area contributed by atoms with Gasteiger partial charge in [0, 0.05) is 18.1 Å². The summed E-state index contributed by atoms with van der Waals surface area (Å²) in [4.78, 5) is -0.0372. The fourth-order valence-electron chi connectivity index (χ4n) is 1.60. The third kappa shape index (κ3) is 4.08. The molecule has 1 unspecified atom stereocenters. The lowest BCUT2D eigenvalue weighted by Gasteiger charge is -2.21. The molecular formula is C12H16BrCl2NO2S. The summed E-state index contributed by atoms with van der Waals surface area (Å²) in [6, 6.07) is 3.05. The van der Waals surface area contributed by atoms with Crippen molar-refractivity contribution in [3.8, 4) is 0 Å². The van der Waals surface area contributed by atoms with Crippen LogP contribution in [0.4, 0.5) is 0 Å². The second-order valence-corrected chi connectivity index (χ2v) is 8.21. The van der Waals surface area contributed by atoms with Crippen LogP contribution in [-0.2, 0) is 10.0 Å². The van der Waals surface area contributed by atoms with E-state index in [4.69, 9.17) is 23.2 Å². The van der Waals surface area contributed by atoms with Crippen LogP contribution in [0.2, 0.25) is 10.0 Å². The van der Waals surface area contributed by atoms with Gasteiger partial charge in [-0.15, -0.1) is 0 Å². The van der Waals surface area contributed by atoms with Crippen LogP contribution in [0.15, 0.2) is 21.5 Å². The second kappa shape index (κ2) is 6.76. The fraction of sp³-hybridized carbons (Fsp3) is 0.500. The summed E-state index contributed by atoms with van der Waals surface area (Å²) < 4.78 is 26.9. The molecule has 3 nitrogen and oxygen atoms in total. The summed E-state index contributed by atoms with van der Waals surface area (Å²) in [5.74, 6) is 0.271. The highest BCUT2D eigenvalue weighted by Crippen LogP contribution is 2.34. The van der Waals surface area contributed by atoms with Gasteiger partial charge >= 0.3 is 0 Å². The lowest BCUT2D eigenvalue weighted by Crippen LogP contribution is -2.31. The van der Waals surface area contributed by atoms with Crippen LogP contribution in [0.1, 0.15) is 20.3 Å². The van der Waals surface area contributed by atoms with E-state index in [0.717, 1.165) is 6.42 Å². The van der Waals surface area contributed by atoms with Crippen LogP contribution in [0, 0.1) is 5.92 Å². The summed E-state index contributed by atoms with van der Waals surface area (Å²) in [5.41, 5.74) is 0. The van der Waals surface area contributed by atoms with Crippen molar-refractivity contribution in [1.29, 1.82) is 0 Å². The van der Waals surface area contributed by atoms with E-state index in [0.29, 0.717) is 11.0 Å². The fourth-order valence-corrected chi connectivity index (χ4v) is 4.76. The van der Waals surface area contributed by atoms with Gasteiger partial charge in [0.2, 0.25) is 10.0 Å². The Morgan fingerprint density at radius 1 is 1.32 bits per heavy atom. The predicted molar refractivity (Wildman–Crippen MR) is 83.4 cm³/mol. The van der Waals surface area contributed by atoms with Gasteiger partial charge < -0.3 is 0 Å². The molecule has 0 spiro atoms. The molecule has 0 aliphatic heterocycles. The molecule has 0 aromatic heterocycles.